The van der Waals surface area contributed by atoms with Gasteiger partial charge in [0.2, 0.25) is 5.91 Å². The van der Waals surface area contributed by atoms with Gasteiger partial charge >= 0.3 is 0 Å². The van der Waals surface area contributed by atoms with Crippen LogP contribution in [0.2, 0.25) is 0 Å². The Labute approximate surface area is 90.6 Å². The SMILES string of the molecule is CCC(C)(O)CN1CCNCC1C(N)=O. The van der Waals surface area contributed by atoms with Crippen molar-refractivity contribution in [3.63, 3.8) is 0 Å². The van der Waals surface area contributed by atoms with Crippen LogP contribution in [0, 0.1) is 0 Å². The van der Waals surface area contributed by atoms with Crippen LogP contribution in [-0.2, 0) is 4.79 Å². The second-order valence-corrected chi connectivity index (χ2v) is 4.44. The first-order chi connectivity index (χ1) is 6.96. The lowest BCUT2D eigenvalue weighted by Crippen LogP contribution is -2.59. The monoisotopic (exact) mass is 215 g/mol. The molecule has 0 aromatic carbocycles. The Kier molecular flexibility index (Phi) is 4.07. The fourth-order valence-corrected chi connectivity index (χ4v) is 1.77. The Balaban J connectivity index is 2.61. The molecule has 5 nitrogen and oxygen atoms in total. The molecule has 88 valence electrons. The van der Waals surface area contributed by atoms with E-state index < -0.39 is 5.60 Å². The van der Waals surface area contributed by atoms with Gasteiger partial charge in [0.25, 0.3) is 0 Å². The molecule has 4 N–H and O–H groups in total. The normalized spacial score (nSPS) is 27.3. The lowest BCUT2D eigenvalue weighted by Gasteiger charge is -2.38. The van der Waals surface area contributed by atoms with Gasteiger partial charge in [-0.1, -0.05) is 6.92 Å². The van der Waals surface area contributed by atoms with Crippen LogP contribution in [0.1, 0.15) is 20.3 Å². The highest BCUT2D eigenvalue weighted by molar-refractivity contribution is 5.80. The molecule has 0 saturated carbocycles. The van der Waals surface area contributed by atoms with Crippen molar-refractivity contribution < 1.29 is 9.90 Å². The van der Waals surface area contributed by atoms with Crippen LogP contribution in [0.25, 0.3) is 0 Å². The van der Waals surface area contributed by atoms with Crippen LogP contribution in [0.15, 0.2) is 0 Å². The minimum atomic E-state index is -0.745. The number of nitrogens with two attached hydrogens (primary N) is 1. The Morgan fingerprint density at radius 2 is 2.40 bits per heavy atom. The Morgan fingerprint density at radius 3 is 2.93 bits per heavy atom. The average Bonchev–Trinajstić information content (AvgIpc) is 2.18. The number of piperazine rings is 1. The number of nitrogens with one attached hydrogen (secondary N) is 1. The van der Waals surface area contributed by atoms with Crippen LogP contribution < -0.4 is 11.1 Å². The molecule has 1 amide bonds. The summed E-state index contributed by atoms with van der Waals surface area (Å²) < 4.78 is 0. The van der Waals surface area contributed by atoms with E-state index in [1.807, 2.05) is 11.8 Å². The highest BCUT2D eigenvalue weighted by atomic mass is 16.3. The number of amides is 1. The van der Waals surface area contributed by atoms with Crippen molar-refractivity contribution in [2.24, 2.45) is 5.73 Å². The lowest BCUT2D eigenvalue weighted by atomic mass is 10.0. The van der Waals surface area contributed by atoms with E-state index in [1.54, 1.807) is 6.92 Å². The average molecular weight is 215 g/mol. The third-order valence-corrected chi connectivity index (χ3v) is 2.99. The van der Waals surface area contributed by atoms with E-state index in [4.69, 9.17) is 5.73 Å². The van der Waals surface area contributed by atoms with Gasteiger partial charge in [-0.2, -0.15) is 0 Å². The van der Waals surface area contributed by atoms with Crippen molar-refractivity contribution in [1.82, 2.24) is 10.2 Å². The van der Waals surface area contributed by atoms with Gasteiger partial charge in [0, 0.05) is 26.2 Å². The summed E-state index contributed by atoms with van der Waals surface area (Å²) in [6.07, 6.45) is 0.669. The van der Waals surface area contributed by atoms with E-state index >= 15 is 0 Å². The van der Waals surface area contributed by atoms with Crippen molar-refractivity contribution in [3.05, 3.63) is 0 Å². The molecule has 15 heavy (non-hydrogen) atoms. The summed E-state index contributed by atoms with van der Waals surface area (Å²) in [4.78, 5) is 13.2. The molecule has 1 aliphatic heterocycles. The van der Waals surface area contributed by atoms with E-state index in [0.29, 0.717) is 19.5 Å². The molecule has 0 aromatic heterocycles. The standard InChI is InChI=1S/C10H21N3O2/c1-3-10(2,15)7-13-5-4-12-6-8(13)9(11)14/h8,12,15H,3-7H2,1-2H3,(H2,11,14). The third kappa shape index (κ3) is 3.44. The summed E-state index contributed by atoms with van der Waals surface area (Å²) in [6, 6.07) is -0.295. The van der Waals surface area contributed by atoms with E-state index in [0.717, 1.165) is 13.1 Å². The Hall–Kier alpha value is -0.650. The summed E-state index contributed by atoms with van der Waals surface area (Å²) in [5, 5.41) is 13.1. The maximum absolute atomic E-state index is 11.2. The van der Waals surface area contributed by atoms with Crippen LogP contribution >= 0.6 is 0 Å². The maximum Gasteiger partial charge on any atom is 0.236 e. The molecule has 0 spiro atoms. The molecule has 5 heteroatoms. The number of β-amino-alcohol motifs (C(OH)–C–C–N with tert-alkyl or cyclic N) is 1. The molecule has 1 rings (SSSR count). The van der Waals surface area contributed by atoms with Gasteiger partial charge in [-0.25, -0.2) is 0 Å². The highest BCUT2D eigenvalue weighted by Crippen LogP contribution is 2.14. The second kappa shape index (κ2) is 4.92. The van der Waals surface area contributed by atoms with Gasteiger partial charge < -0.3 is 16.2 Å². The first-order valence-electron chi connectivity index (χ1n) is 5.43. The number of carbonyl (C=O) groups is 1. The van der Waals surface area contributed by atoms with Gasteiger partial charge in [0.1, 0.15) is 6.04 Å². The number of carbonyl (C=O) groups excluding carboxylic acids is 1. The molecule has 0 bridgehead atoms. The molecule has 0 aliphatic carbocycles. The van der Waals surface area contributed by atoms with Gasteiger partial charge in [0.15, 0.2) is 0 Å². The number of hydrogen-bond donors (Lipinski definition) is 3. The molecular weight excluding hydrogens is 194 g/mol. The van der Waals surface area contributed by atoms with Gasteiger partial charge in [-0.3, -0.25) is 9.69 Å². The molecule has 0 radical (unpaired) electrons. The fourth-order valence-electron chi connectivity index (χ4n) is 1.77. The molecule has 2 atom stereocenters. The predicted octanol–water partition coefficient (Wildman–Crippen LogP) is -1.09. The zero-order valence-electron chi connectivity index (χ0n) is 9.49. The fraction of sp³-hybridized carbons (Fsp3) is 0.900. The first kappa shape index (κ1) is 12.4. The van der Waals surface area contributed by atoms with Crippen molar-refractivity contribution >= 4 is 5.91 Å². The summed E-state index contributed by atoms with van der Waals surface area (Å²) in [5.74, 6) is -0.325. The Bertz CT molecular complexity index is 231. The topological polar surface area (TPSA) is 78.6 Å². The van der Waals surface area contributed by atoms with Gasteiger partial charge in [-0.15, -0.1) is 0 Å². The van der Waals surface area contributed by atoms with Crippen molar-refractivity contribution in [2.45, 2.75) is 31.9 Å². The second-order valence-electron chi connectivity index (χ2n) is 4.44. The Morgan fingerprint density at radius 1 is 1.73 bits per heavy atom. The van der Waals surface area contributed by atoms with Crippen molar-refractivity contribution in [2.75, 3.05) is 26.2 Å². The van der Waals surface area contributed by atoms with E-state index in [2.05, 4.69) is 5.32 Å². The molecule has 2 unspecified atom stereocenters. The number of hydrogen-bond acceptors (Lipinski definition) is 4. The first-order valence-corrected chi connectivity index (χ1v) is 5.43. The highest BCUT2D eigenvalue weighted by Gasteiger charge is 2.31. The van der Waals surface area contributed by atoms with Crippen LogP contribution in [0.3, 0.4) is 0 Å². The maximum atomic E-state index is 11.2. The van der Waals surface area contributed by atoms with Crippen molar-refractivity contribution in [3.8, 4) is 0 Å². The minimum absolute atomic E-state index is 0.295. The number of aliphatic hydroxyl groups is 1. The molecule has 1 aliphatic rings. The van der Waals surface area contributed by atoms with Gasteiger partial charge in [0.05, 0.1) is 5.60 Å². The number of rotatable bonds is 4. The predicted molar refractivity (Wildman–Crippen MR) is 58.3 cm³/mol. The largest absolute Gasteiger partial charge is 0.389 e. The lowest BCUT2D eigenvalue weighted by molar-refractivity contribution is -0.125. The number of nitrogens with zero attached hydrogens (tertiary/aromatic N) is 1. The minimum Gasteiger partial charge on any atom is -0.389 e. The zero-order valence-corrected chi connectivity index (χ0v) is 9.49. The smallest absolute Gasteiger partial charge is 0.236 e. The number of primary amides is 1. The van der Waals surface area contributed by atoms with Crippen LogP contribution in [0.4, 0.5) is 0 Å². The third-order valence-electron chi connectivity index (χ3n) is 2.99. The van der Waals surface area contributed by atoms with Crippen LogP contribution in [0.5, 0.6) is 0 Å². The van der Waals surface area contributed by atoms with Gasteiger partial charge in [-0.05, 0) is 13.3 Å². The molecule has 1 heterocycles. The van der Waals surface area contributed by atoms with E-state index in [1.165, 1.54) is 0 Å². The molecule has 1 fully saturated rings. The summed E-state index contributed by atoms with van der Waals surface area (Å²) in [7, 11) is 0. The zero-order chi connectivity index (χ0) is 11.5. The van der Waals surface area contributed by atoms with Crippen molar-refractivity contribution in [1.29, 1.82) is 0 Å². The quantitative estimate of drug-likeness (QED) is 0.556. The molecule has 0 aromatic rings. The summed E-state index contributed by atoms with van der Waals surface area (Å²) in [6.45, 7) is 6.38. The van der Waals surface area contributed by atoms with E-state index in [9.17, 15) is 9.90 Å². The van der Waals surface area contributed by atoms with E-state index in [-0.39, 0.29) is 11.9 Å². The van der Waals surface area contributed by atoms with Crippen LogP contribution in [-0.4, -0.2) is 53.7 Å². The molecular formula is C10H21N3O2. The molecule has 1 saturated heterocycles. The summed E-state index contributed by atoms with van der Waals surface area (Å²) >= 11 is 0. The summed E-state index contributed by atoms with van der Waals surface area (Å²) in [5.41, 5.74) is 4.57.